The maximum absolute atomic E-state index is 8.81. The van der Waals surface area contributed by atoms with E-state index in [2.05, 4.69) is 31.9 Å². The van der Waals surface area contributed by atoms with Crippen LogP contribution in [0.1, 0.15) is 0 Å². The molecule has 0 amide bonds. The Morgan fingerprint density at radius 3 is 2.38 bits per heavy atom. The first kappa shape index (κ1) is 8.41. The minimum absolute atomic E-state index is 0.427. The highest BCUT2D eigenvalue weighted by molar-refractivity contribution is 9.10. The summed E-state index contributed by atoms with van der Waals surface area (Å²) in [5.74, 6) is 0. The van der Waals surface area contributed by atoms with Crippen molar-refractivity contribution in [2.24, 2.45) is 0 Å². The second-order valence-electron chi connectivity index (χ2n) is 1.25. The van der Waals surface area contributed by atoms with Gasteiger partial charge >= 0.3 is 0 Å². The summed E-state index contributed by atoms with van der Waals surface area (Å²) in [6, 6.07) is 1.85. The lowest BCUT2D eigenvalue weighted by Gasteiger charge is -2.04. The maximum atomic E-state index is 8.81. The lowest BCUT2D eigenvalue weighted by atomic mass is 10.3. The predicted molar refractivity (Wildman–Crippen MR) is 38.1 cm³/mol. The predicted octanol–water partition coefficient (Wildman–Crippen LogP) is 1.03. The van der Waals surface area contributed by atoms with Crippen LogP contribution in [0.25, 0.3) is 0 Å². The molecular weight excluding hydrogens is 238 g/mol. The standard InChI is InChI=1S/C4H5Br2NO/c5-1-4(8)3(6)2-7/h3-4,8H,1H2. The largest absolute Gasteiger partial charge is 0.390 e. The van der Waals surface area contributed by atoms with Gasteiger partial charge in [0.25, 0.3) is 0 Å². The van der Waals surface area contributed by atoms with Crippen LogP contribution >= 0.6 is 31.9 Å². The molecule has 0 fully saturated rings. The van der Waals surface area contributed by atoms with Crippen LogP contribution in [0.15, 0.2) is 0 Å². The van der Waals surface area contributed by atoms with Gasteiger partial charge in [0.1, 0.15) is 4.83 Å². The van der Waals surface area contributed by atoms with Gasteiger partial charge in [0.05, 0.1) is 12.2 Å². The highest BCUT2D eigenvalue weighted by Gasteiger charge is 2.11. The Kier molecular flexibility index (Phi) is 4.53. The Hall–Kier alpha value is 0.410. The molecule has 0 bridgehead atoms. The fraction of sp³-hybridized carbons (Fsp3) is 0.750. The van der Waals surface area contributed by atoms with E-state index < -0.39 is 10.9 Å². The molecule has 2 nitrogen and oxygen atoms in total. The van der Waals surface area contributed by atoms with Crippen molar-refractivity contribution in [1.29, 1.82) is 5.26 Å². The van der Waals surface area contributed by atoms with Crippen molar-refractivity contribution in [3.05, 3.63) is 0 Å². The number of aliphatic hydroxyl groups excluding tert-OH is 1. The molecule has 0 aromatic carbocycles. The van der Waals surface area contributed by atoms with E-state index in [0.717, 1.165) is 0 Å². The van der Waals surface area contributed by atoms with E-state index in [-0.39, 0.29) is 0 Å². The highest BCUT2D eigenvalue weighted by Crippen LogP contribution is 2.05. The summed E-state index contributed by atoms with van der Waals surface area (Å²) in [6.07, 6.45) is -0.611. The van der Waals surface area contributed by atoms with Crippen molar-refractivity contribution >= 4 is 31.9 Å². The average molecular weight is 243 g/mol. The first-order valence-corrected chi connectivity index (χ1v) is 4.03. The fourth-order valence-electron chi connectivity index (χ4n) is 0.164. The average Bonchev–Trinajstić information content (AvgIpc) is 1.84. The number of hydrogen-bond donors (Lipinski definition) is 1. The Morgan fingerprint density at radius 2 is 2.25 bits per heavy atom. The van der Waals surface area contributed by atoms with Gasteiger partial charge in [-0.25, -0.2) is 0 Å². The summed E-state index contributed by atoms with van der Waals surface area (Å²) in [7, 11) is 0. The summed E-state index contributed by atoms with van der Waals surface area (Å²) < 4.78 is 0. The van der Waals surface area contributed by atoms with E-state index in [1.54, 1.807) is 0 Å². The van der Waals surface area contributed by atoms with Gasteiger partial charge in [0.15, 0.2) is 0 Å². The number of rotatable bonds is 2. The molecule has 0 aromatic rings. The third kappa shape index (κ3) is 2.65. The van der Waals surface area contributed by atoms with Crippen molar-refractivity contribution < 1.29 is 5.11 Å². The molecule has 0 aliphatic carbocycles. The molecule has 0 rings (SSSR count). The zero-order valence-electron chi connectivity index (χ0n) is 4.01. The fourth-order valence-corrected chi connectivity index (χ4v) is 1.23. The van der Waals surface area contributed by atoms with Gasteiger partial charge in [-0.05, 0) is 0 Å². The van der Waals surface area contributed by atoms with E-state index >= 15 is 0 Å². The normalized spacial score (nSPS) is 16.8. The number of aliphatic hydroxyl groups is 1. The quantitative estimate of drug-likeness (QED) is 0.736. The van der Waals surface area contributed by atoms with E-state index in [1.807, 2.05) is 6.07 Å². The van der Waals surface area contributed by atoms with Crippen molar-refractivity contribution in [2.75, 3.05) is 5.33 Å². The molecule has 46 valence electrons. The smallest absolute Gasteiger partial charge is 0.128 e. The molecule has 1 N–H and O–H groups in total. The van der Waals surface area contributed by atoms with Gasteiger partial charge in [0, 0.05) is 5.33 Å². The van der Waals surface area contributed by atoms with Crippen molar-refractivity contribution in [1.82, 2.24) is 0 Å². The molecule has 0 heterocycles. The van der Waals surface area contributed by atoms with E-state index in [9.17, 15) is 0 Å². The van der Waals surface area contributed by atoms with Crippen LogP contribution in [-0.2, 0) is 0 Å². The zero-order valence-corrected chi connectivity index (χ0v) is 7.18. The van der Waals surface area contributed by atoms with Crippen LogP contribution < -0.4 is 0 Å². The van der Waals surface area contributed by atoms with Gasteiger partial charge in [-0.1, -0.05) is 31.9 Å². The van der Waals surface area contributed by atoms with Gasteiger partial charge in [0.2, 0.25) is 0 Å². The van der Waals surface area contributed by atoms with Crippen molar-refractivity contribution in [3.63, 3.8) is 0 Å². The molecule has 0 aromatic heterocycles. The third-order valence-corrected chi connectivity index (χ3v) is 2.10. The first-order chi connectivity index (χ1) is 3.72. The summed E-state index contributed by atoms with van der Waals surface area (Å²) in [6.45, 7) is 0. The number of hydrogen-bond acceptors (Lipinski definition) is 2. The molecule has 8 heavy (non-hydrogen) atoms. The monoisotopic (exact) mass is 241 g/mol. The Morgan fingerprint density at radius 1 is 1.75 bits per heavy atom. The zero-order chi connectivity index (χ0) is 6.57. The first-order valence-electron chi connectivity index (χ1n) is 2.00. The molecule has 0 aliphatic heterocycles. The molecule has 0 aliphatic rings. The highest BCUT2D eigenvalue weighted by atomic mass is 79.9. The van der Waals surface area contributed by atoms with Crippen molar-refractivity contribution in [2.45, 2.75) is 10.9 Å². The Bertz CT molecular complexity index is 101. The van der Waals surface area contributed by atoms with E-state index in [4.69, 9.17) is 10.4 Å². The Labute approximate surface area is 64.8 Å². The van der Waals surface area contributed by atoms with Gasteiger partial charge in [-0.15, -0.1) is 0 Å². The second kappa shape index (κ2) is 4.30. The molecule has 0 saturated heterocycles. The van der Waals surface area contributed by atoms with Crippen LogP contribution in [-0.4, -0.2) is 21.4 Å². The molecule has 0 radical (unpaired) electrons. The molecule has 4 heteroatoms. The minimum atomic E-state index is -0.611. The molecular formula is C4H5Br2NO. The molecule has 2 atom stereocenters. The third-order valence-electron chi connectivity index (χ3n) is 0.619. The number of nitrogens with zero attached hydrogens (tertiary/aromatic N) is 1. The van der Waals surface area contributed by atoms with Crippen LogP contribution in [0, 0.1) is 11.3 Å². The van der Waals surface area contributed by atoms with Gasteiger partial charge < -0.3 is 5.11 Å². The number of nitriles is 1. The van der Waals surface area contributed by atoms with Gasteiger partial charge in [-0.2, -0.15) is 5.26 Å². The lowest BCUT2D eigenvalue weighted by Crippen LogP contribution is -2.19. The van der Waals surface area contributed by atoms with Crippen LogP contribution in [0.3, 0.4) is 0 Å². The lowest BCUT2D eigenvalue weighted by molar-refractivity contribution is 0.213. The number of alkyl halides is 2. The van der Waals surface area contributed by atoms with Crippen LogP contribution in [0.2, 0.25) is 0 Å². The molecule has 2 unspecified atom stereocenters. The van der Waals surface area contributed by atoms with Crippen LogP contribution in [0.4, 0.5) is 0 Å². The second-order valence-corrected chi connectivity index (χ2v) is 2.89. The minimum Gasteiger partial charge on any atom is -0.390 e. The topological polar surface area (TPSA) is 44.0 Å². The summed E-state index contributed by atoms with van der Waals surface area (Å²) >= 11 is 5.99. The summed E-state index contributed by atoms with van der Waals surface area (Å²) in [5.41, 5.74) is 0. The molecule has 0 spiro atoms. The number of halogens is 2. The maximum Gasteiger partial charge on any atom is 0.128 e. The molecule has 0 saturated carbocycles. The van der Waals surface area contributed by atoms with E-state index in [0.29, 0.717) is 5.33 Å². The van der Waals surface area contributed by atoms with Crippen molar-refractivity contribution in [3.8, 4) is 6.07 Å². The van der Waals surface area contributed by atoms with Crippen LogP contribution in [0.5, 0.6) is 0 Å². The SMILES string of the molecule is N#CC(Br)C(O)CBr. The van der Waals surface area contributed by atoms with Gasteiger partial charge in [-0.3, -0.25) is 0 Å². The summed E-state index contributed by atoms with van der Waals surface area (Å²) in [5, 5.41) is 17.4. The summed E-state index contributed by atoms with van der Waals surface area (Å²) in [4.78, 5) is -0.457. The Balaban J connectivity index is 3.49. The van der Waals surface area contributed by atoms with E-state index in [1.165, 1.54) is 0 Å².